The maximum absolute atomic E-state index is 12.8. The number of urea groups is 1. The van der Waals surface area contributed by atoms with Crippen LogP contribution in [0.4, 0.5) is 10.5 Å². The van der Waals surface area contributed by atoms with Crippen molar-refractivity contribution in [1.82, 2.24) is 25.1 Å². The Morgan fingerprint density at radius 3 is 2.29 bits per heavy atom. The van der Waals surface area contributed by atoms with Crippen molar-refractivity contribution in [3.05, 3.63) is 65.7 Å². The topological polar surface area (TPSA) is 75.9 Å². The van der Waals surface area contributed by atoms with Gasteiger partial charge >= 0.3 is 6.03 Å². The largest absolute Gasteiger partial charge is 0.330 e. The fourth-order valence-electron chi connectivity index (χ4n) is 5.00. The lowest BCUT2D eigenvalue weighted by molar-refractivity contribution is 0.199. The van der Waals surface area contributed by atoms with E-state index in [1.165, 1.54) is 5.56 Å². The van der Waals surface area contributed by atoms with Crippen molar-refractivity contribution < 1.29 is 4.79 Å². The van der Waals surface area contributed by atoms with Crippen molar-refractivity contribution in [2.24, 2.45) is 0 Å². The molecular formula is C24H28N6O. The molecule has 5 rings (SSSR count). The average Bonchev–Trinajstić information content (AvgIpc) is 3.29. The third kappa shape index (κ3) is 3.48. The number of rotatable bonds is 3. The summed E-state index contributed by atoms with van der Waals surface area (Å²) in [5, 5.41) is 7.71. The van der Waals surface area contributed by atoms with Gasteiger partial charge in [-0.15, -0.1) is 0 Å². The van der Waals surface area contributed by atoms with Crippen LogP contribution < -0.4 is 10.2 Å². The first-order valence-corrected chi connectivity index (χ1v) is 10.9. The van der Waals surface area contributed by atoms with Gasteiger partial charge in [0.05, 0.1) is 35.9 Å². The molecule has 1 aliphatic carbocycles. The summed E-state index contributed by atoms with van der Waals surface area (Å²) in [7, 11) is 0. The van der Waals surface area contributed by atoms with Gasteiger partial charge in [0.1, 0.15) is 0 Å². The normalized spacial score (nSPS) is 25.8. The molecule has 7 nitrogen and oxygen atoms in total. The van der Waals surface area contributed by atoms with Crippen LogP contribution in [0, 0.1) is 13.8 Å². The molecule has 2 aromatic heterocycles. The van der Waals surface area contributed by atoms with E-state index in [1.54, 1.807) is 22.0 Å². The Labute approximate surface area is 182 Å². The molecule has 0 atom stereocenters. The Hall–Kier alpha value is -3.22. The minimum atomic E-state index is -0.181. The highest BCUT2D eigenvalue weighted by atomic mass is 16.2. The van der Waals surface area contributed by atoms with Gasteiger partial charge in [0.15, 0.2) is 0 Å². The second-order valence-electron chi connectivity index (χ2n) is 9.30. The van der Waals surface area contributed by atoms with Crippen molar-refractivity contribution in [2.45, 2.75) is 57.4 Å². The number of carbonyl (C=O) groups is 1. The van der Waals surface area contributed by atoms with Gasteiger partial charge in [-0.3, -0.25) is 4.90 Å². The lowest BCUT2D eigenvalue weighted by Gasteiger charge is -2.43. The molecule has 0 unspecified atom stereocenters. The number of aryl methyl sites for hydroxylation is 2. The van der Waals surface area contributed by atoms with Crippen LogP contribution in [0.2, 0.25) is 0 Å². The number of amides is 2. The number of aromatic nitrogens is 4. The summed E-state index contributed by atoms with van der Waals surface area (Å²) in [4.78, 5) is 23.5. The van der Waals surface area contributed by atoms with Crippen LogP contribution in [0.15, 0.2) is 48.8 Å². The van der Waals surface area contributed by atoms with Gasteiger partial charge in [-0.05, 0) is 56.6 Å². The van der Waals surface area contributed by atoms with Gasteiger partial charge in [-0.1, -0.05) is 37.3 Å². The lowest BCUT2D eigenvalue weighted by atomic mass is 9.65. The molecule has 0 bridgehead atoms. The third-order valence-corrected chi connectivity index (χ3v) is 6.99. The zero-order valence-corrected chi connectivity index (χ0v) is 18.3. The van der Waals surface area contributed by atoms with Crippen LogP contribution in [-0.2, 0) is 5.41 Å². The summed E-state index contributed by atoms with van der Waals surface area (Å²) in [5.74, 6) is 0.514. The van der Waals surface area contributed by atoms with Crippen molar-refractivity contribution >= 4 is 11.7 Å². The van der Waals surface area contributed by atoms with Gasteiger partial charge in [0, 0.05) is 5.69 Å². The number of benzene rings is 1. The van der Waals surface area contributed by atoms with Gasteiger partial charge in [-0.2, -0.15) is 5.10 Å². The summed E-state index contributed by atoms with van der Waals surface area (Å²) in [6.45, 7) is 6.91. The second kappa shape index (κ2) is 7.18. The van der Waals surface area contributed by atoms with E-state index in [4.69, 9.17) is 0 Å². The molecule has 2 amide bonds. The summed E-state index contributed by atoms with van der Waals surface area (Å²) in [6.07, 6.45) is 7.47. The van der Waals surface area contributed by atoms with Crippen LogP contribution in [0.3, 0.4) is 0 Å². The Bertz CT molecular complexity index is 1100. The molecule has 2 aliphatic rings. The van der Waals surface area contributed by atoms with Crippen molar-refractivity contribution in [3.8, 4) is 5.95 Å². The molecular weight excluding hydrogens is 388 g/mol. The number of nitrogens with zero attached hydrogens (tertiary/aromatic N) is 5. The fourth-order valence-corrected chi connectivity index (χ4v) is 5.00. The van der Waals surface area contributed by atoms with E-state index >= 15 is 0 Å². The molecule has 31 heavy (non-hydrogen) atoms. The Morgan fingerprint density at radius 2 is 1.68 bits per heavy atom. The second-order valence-corrected chi connectivity index (χ2v) is 9.30. The molecule has 1 aliphatic heterocycles. The van der Waals surface area contributed by atoms with Crippen molar-refractivity contribution in [3.63, 3.8) is 0 Å². The molecule has 1 saturated heterocycles. The molecule has 3 heterocycles. The zero-order valence-electron chi connectivity index (χ0n) is 18.3. The molecule has 7 heteroatoms. The third-order valence-electron chi connectivity index (χ3n) is 6.99. The summed E-state index contributed by atoms with van der Waals surface area (Å²) in [6, 6.07) is 12.7. The highest BCUT2D eigenvalue weighted by Gasteiger charge is 2.48. The molecule has 2 fully saturated rings. The van der Waals surface area contributed by atoms with E-state index in [0.717, 1.165) is 42.8 Å². The molecule has 1 spiro atoms. The van der Waals surface area contributed by atoms with E-state index < -0.39 is 0 Å². The molecule has 1 aromatic carbocycles. The van der Waals surface area contributed by atoms with Crippen molar-refractivity contribution in [1.29, 1.82) is 0 Å². The maximum Gasteiger partial charge on any atom is 0.322 e. The Morgan fingerprint density at radius 1 is 1.00 bits per heavy atom. The lowest BCUT2D eigenvalue weighted by Crippen LogP contribution is -2.49. The fraction of sp³-hybridized carbons (Fsp3) is 0.417. The molecule has 1 saturated carbocycles. The SMILES string of the molecule is Cc1cc(C)n(-c2ncc(N3CC4(CCC(C)(c5ccccc5)CC4)NC3=O)cn2)n1. The van der Waals surface area contributed by atoms with E-state index in [2.05, 4.69) is 57.6 Å². The molecule has 0 radical (unpaired) electrons. The number of hydrogen-bond donors (Lipinski definition) is 1. The van der Waals surface area contributed by atoms with Gasteiger partial charge < -0.3 is 5.32 Å². The first-order valence-electron chi connectivity index (χ1n) is 10.9. The number of nitrogens with one attached hydrogen (secondary N) is 1. The highest BCUT2D eigenvalue weighted by molar-refractivity contribution is 5.95. The maximum atomic E-state index is 12.8. The predicted octanol–water partition coefficient (Wildman–Crippen LogP) is 4.08. The van der Waals surface area contributed by atoms with Gasteiger partial charge in [0.25, 0.3) is 5.95 Å². The monoisotopic (exact) mass is 416 g/mol. The summed E-state index contributed by atoms with van der Waals surface area (Å²) >= 11 is 0. The standard InChI is InChI=1S/C24H28N6O/c1-17-13-18(2)30(28-17)21-25-14-20(15-26-21)29-16-24(27-22(29)31)11-9-23(3,10-12-24)19-7-5-4-6-8-19/h4-8,13-15H,9-12,16H2,1-3H3,(H,27,31). The first-order chi connectivity index (χ1) is 14.9. The van der Waals surface area contributed by atoms with Crippen LogP contribution in [-0.4, -0.2) is 37.9 Å². The number of carbonyl (C=O) groups excluding carboxylic acids is 1. The van der Waals surface area contributed by atoms with E-state index in [-0.39, 0.29) is 17.0 Å². The molecule has 160 valence electrons. The first kappa shape index (κ1) is 19.7. The van der Waals surface area contributed by atoms with Crippen LogP contribution in [0.25, 0.3) is 5.95 Å². The van der Waals surface area contributed by atoms with Crippen LogP contribution in [0.1, 0.15) is 49.6 Å². The summed E-state index contributed by atoms with van der Waals surface area (Å²) in [5.41, 5.74) is 3.99. The molecule has 1 N–H and O–H groups in total. The number of anilines is 1. The number of hydrogen-bond acceptors (Lipinski definition) is 4. The minimum absolute atomic E-state index is 0.0641. The van der Waals surface area contributed by atoms with Crippen LogP contribution >= 0.6 is 0 Å². The van der Waals surface area contributed by atoms with E-state index in [1.807, 2.05) is 19.9 Å². The van der Waals surface area contributed by atoms with Crippen LogP contribution in [0.5, 0.6) is 0 Å². The zero-order chi connectivity index (χ0) is 21.6. The van der Waals surface area contributed by atoms with E-state index in [0.29, 0.717) is 12.5 Å². The van der Waals surface area contributed by atoms with E-state index in [9.17, 15) is 4.79 Å². The Balaban J connectivity index is 1.31. The highest BCUT2D eigenvalue weighted by Crippen LogP contribution is 2.44. The van der Waals surface area contributed by atoms with Gasteiger partial charge in [-0.25, -0.2) is 19.4 Å². The minimum Gasteiger partial charge on any atom is -0.330 e. The van der Waals surface area contributed by atoms with Crippen molar-refractivity contribution in [2.75, 3.05) is 11.4 Å². The predicted molar refractivity (Wildman–Crippen MR) is 119 cm³/mol. The summed E-state index contributed by atoms with van der Waals surface area (Å²) < 4.78 is 1.72. The molecule has 3 aromatic rings. The van der Waals surface area contributed by atoms with Gasteiger partial charge in [0.2, 0.25) is 0 Å². The quantitative estimate of drug-likeness (QED) is 0.698. The smallest absolute Gasteiger partial charge is 0.322 e. The Kier molecular flexibility index (Phi) is 4.57. The average molecular weight is 417 g/mol.